The summed E-state index contributed by atoms with van der Waals surface area (Å²) in [6.45, 7) is 8.69. The Morgan fingerprint density at radius 3 is 2.48 bits per heavy atom. The number of aliphatic imine (C=N–C) groups is 1. The Balaban J connectivity index is 1.49. The smallest absolute Gasteiger partial charge is 0.193 e. The van der Waals surface area contributed by atoms with Crippen LogP contribution in [0, 0.1) is 5.92 Å². The van der Waals surface area contributed by atoms with Gasteiger partial charge in [0, 0.05) is 26.2 Å². The van der Waals surface area contributed by atoms with Gasteiger partial charge >= 0.3 is 0 Å². The average Bonchev–Trinajstić information content (AvgIpc) is 2.70. The molecule has 2 heterocycles. The van der Waals surface area contributed by atoms with Crippen molar-refractivity contribution in [2.24, 2.45) is 10.9 Å². The van der Waals surface area contributed by atoms with Gasteiger partial charge in [-0.25, -0.2) is 0 Å². The molecule has 0 aromatic heterocycles. The minimum atomic E-state index is 0.856. The first-order valence-corrected chi connectivity index (χ1v) is 10.7. The van der Waals surface area contributed by atoms with Crippen LogP contribution in [0.2, 0.25) is 0 Å². The molecule has 1 aromatic carbocycles. The lowest BCUT2D eigenvalue weighted by Gasteiger charge is -2.32. The molecule has 0 bridgehead atoms. The van der Waals surface area contributed by atoms with Crippen LogP contribution >= 0.6 is 0 Å². The maximum atomic E-state index is 4.96. The van der Waals surface area contributed by atoms with Crippen LogP contribution in [0.5, 0.6) is 0 Å². The van der Waals surface area contributed by atoms with E-state index in [9.17, 15) is 0 Å². The molecule has 1 aromatic rings. The van der Waals surface area contributed by atoms with Crippen molar-refractivity contribution in [2.75, 3.05) is 46.3 Å². The topological polar surface area (TPSA) is 30.9 Å². The summed E-state index contributed by atoms with van der Waals surface area (Å²) in [5.41, 5.74) is 2.87. The van der Waals surface area contributed by atoms with Crippen LogP contribution in [-0.2, 0) is 0 Å². The van der Waals surface area contributed by atoms with Crippen molar-refractivity contribution in [2.45, 2.75) is 39.0 Å². The first-order chi connectivity index (χ1) is 13.2. The van der Waals surface area contributed by atoms with Gasteiger partial charge in [-0.3, -0.25) is 4.99 Å². The summed E-state index contributed by atoms with van der Waals surface area (Å²) in [7, 11) is 2.23. The second-order valence-electron chi connectivity index (χ2n) is 7.97. The van der Waals surface area contributed by atoms with Gasteiger partial charge in [0.15, 0.2) is 5.96 Å². The van der Waals surface area contributed by atoms with E-state index in [-0.39, 0.29) is 0 Å². The lowest BCUT2D eigenvalue weighted by molar-refractivity contribution is 0.214. The Kier molecular flexibility index (Phi) is 7.76. The Hall–Kier alpha value is -1.81. The third kappa shape index (κ3) is 6.39. The summed E-state index contributed by atoms with van der Waals surface area (Å²) in [4.78, 5) is 9.85. The molecule has 1 N–H and O–H groups in total. The highest BCUT2D eigenvalue weighted by molar-refractivity contribution is 5.80. The molecule has 148 valence electrons. The van der Waals surface area contributed by atoms with Gasteiger partial charge < -0.3 is 15.1 Å². The van der Waals surface area contributed by atoms with Gasteiger partial charge in [-0.1, -0.05) is 42.0 Å². The molecule has 2 aliphatic heterocycles. The summed E-state index contributed by atoms with van der Waals surface area (Å²) in [5, 5.41) is 3.51. The van der Waals surface area contributed by atoms with Gasteiger partial charge in [-0.05, 0) is 70.6 Å². The minimum Gasteiger partial charge on any atom is -0.357 e. The van der Waals surface area contributed by atoms with Crippen molar-refractivity contribution in [3.63, 3.8) is 0 Å². The van der Waals surface area contributed by atoms with Crippen LogP contribution in [0.15, 0.2) is 40.9 Å². The number of piperidine rings is 2. The molecule has 27 heavy (non-hydrogen) atoms. The average molecular weight is 369 g/mol. The number of hydrogen-bond acceptors (Lipinski definition) is 2. The number of benzene rings is 1. The predicted octanol–water partition coefficient (Wildman–Crippen LogP) is 3.86. The van der Waals surface area contributed by atoms with Crippen LogP contribution in [0.1, 0.15) is 44.6 Å². The Labute approximate surface area is 165 Å². The molecule has 0 atom stereocenters. The van der Waals surface area contributed by atoms with E-state index in [0.717, 1.165) is 50.9 Å². The zero-order valence-electron chi connectivity index (χ0n) is 17.2. The normalized spacial score (nSPS) is 20.0. The van der Waals surface area contributed by atoms with Crippen LogP contribution < -0.4 is 5.32 Å². The van der Waals surface area contributed by atoms with E-state index >= 15 is 0 Å². The van der Waals surface area contributed by atoms with Crippen LogP contribution in [0.3, 0.4) is 0 Å². The number of nitrogens with zero attached hydrogens (tertiary/aromatic N) is 3. The van der Waals surface area contributed by atoms with Crippen molar-refractivity contribution in [1.29, 1.82) is 0 Å². The third-order valence-corrected chi connectivity index (χ3v) is 5.85. The number of rotatable bonds is 5. The fourth-order valence-corrected chi connectivity index (χ4v) is 4.06. The quantitative estimate of drug-likeness (QED) is 0.632. The molecule has 0 unspecified atom stereocenters. The molecule has 2 fully saturated rings. The number of guanidine groups is 1. The van der Waals surface area contributed by atoms with Gasteiger partial charge in [0.25, 0.3) is 0 Å². The Bertz CT molecular complexity index is 605. The van der Waals surface area contributed by atoms with E-state index in [1.54, 1.807) is 5.57 Å². The highest BCUT2D eigenvalue weighted by Crippen LogP contribution is 2.21. The van der Waals surface area contributed by atoms with Gasteiger partial charge in [0.05, 0.1) is 0 Å². The van der Waals surface area contributed by atoms with Gasteiger partial charge in [0.2, 0.25) is 0 Å². The first kappa shape index (κ1) is 19.9. The highest BCUT2D eigenvalue weighted by Gasteiger charge is 2.18. The molecule has 2 saturated heterocycles. The van der Waals surface area contributed by atoms with Crippen molar-refractivity contribution >= 4 is 12.0 Å². The third-order valence-electron chi connectivity index (χ3n) is 5.85. The highest BCUT2D eigenvalue weighted by atomic mass is 15.3. The molecular weight excluding hydrogens is 332 g/mol. The van der Waals surface area contributed by atoms with Gasteiger partial charge in [-0.2, -0.15) is 0 Å². The predicted molar refractivity (Wildman–Crippen MR) is 116 cm³/mol. The van der Waals surface area contributed by atoms with Crippen molar-refractivity contribution < 1.29 is 0 Å². The van der Waals surface area contributed by atoms with Crippen LogP contribution in [0.4, 0.5) is 0 Å². The molecular formula is C23H36N4. The van der Waals surface area contributed by atoms with Crippen molar-refractivity contribution in [3.05, 3.63) is 41.5 Å². The molecule has 0 spiro atoms. The van der Waals surface area contributed by atoms with E-state index in [2.05, 4.69) is 65.5 Å². The minimum absolute atomic E-state index is 0.856. The number of nitrogens with one attached hydrogen (secondary N) is 1. The second-order valence-corrected chi connectivity index (χ2v) is 7.97. The SMILES string of the molecule is CCNC(=NCCC1CCN(C)CC1)N1CCC(=Cc2ccccc2)CC1. The fourth-order valence-electron chi connectivity index (χ4n) is 4.06. The molecule has 0 amide bonds. The fraction of sp³-hybridized carbons (Fsp3) is 0.609. The second kappa shape index (κ2) is 10.5. The van der Waals surface area contributed by atoms with E-state index in [0.29, 0.717) is 0 Å². The summed E-state index contributed by atoms with van der Waals surface area (Å²) in [6, 6.07) is 10.7. The molecule has 4 heteroatoms. The summed E-state index contributed by atoms with van der Waals surface area (Å²) >= 11 is 0. The molecule has 0 saturated carbocycles. The Morgan fingerprint density at radius 2 is 1.81 bits per heavy atom. The standard InChI is InChI=1S/C23H36N4/c1-3-24-23(25-14-9-20-10-15-26(2)16-11-20)27-17-12-22(13-18-27)19-21-7-5-4-6-8-21/h4-8,19-20H,3,9-18H2,1-2H3,(H,24,25). The molecule has 2 aliphatic rings. The van der Waals surface area contributed by atoms with Gasteiger partial charge in [-0.15, -0.1) is 0 Å². The monoisotopic (exact) mass is 368 g/mol. The summed E-state index contributed by atoms with van der Waals surface area (Å²) < 4.78 is 0. The van der Waals surface area contributed by atoms with Crippen LogP contribution in [-0.4, -0.2) is 62.1 Å². The van der Waals surface area contributed by atoms with E-state index in [1.165, 1.54) is 37.9 Å². The van der Waals surface area contributed by atoms with Crippen molar-refractivity contribution in [1.82, 2.24) is 15.1 Å². The lowest BCUT2D eigenvalue weighted by atomic mass is 9.94. The zero-order valence-corrected chi connectivity index (χ0v) is 17.2. The maximum Gasteiger partial charge on any atom is 0.193 e. The Morgan fingerprint density at radius 1 is 1.11 bits per heavy atom. The summed E-state index contributed by atoms with van der Waals surface area (Å²) in [5.74, 6) is 1.97. The lowest BCUT2D eigenvalue weighted by Crippen LogP contribution is -2.44. The molecule has 0 aliphatic carbocycles. The van der Waals surface area contributed by atoms with Gasteiger partial charge in [0.1, 0.15) is 0 Å². The largest absolute Gasteiger partial charge is 0.357 e. The van der Waals surface area contributed by atoms with E-state index in [4.69, 9.17) is 4.99 Å². The zero-order chi connectivity index (χ0) is 18.9. The number of hydrogen-bond donors (Lipinski definition) is 1. The van der Waals surface area contributed by atoms with E-state index < -0.39 is 0 Å². The van der Waals surface area contributed by atoms with Crippen LogP contribution in [0.25, 0.3) is 6.08 Å². The van der Waals surface area contributed by atoms with E-state index in [1.807, 2.05) is 0 Å². The molecule has 4 nitrogen and oxygen atoms in total. The molecule has 0 radical (unpaired) electrons. The van der Waals surface area contributed by atoms with Crippen molar-refractivity contribution in [3.8, 4) is 0 Å². The maximum absolute atomic E-state index is 4.96. The number of likely N-dealkylation sites (tertiary alicyclic amines) is 2. The molecule has 3 rings (SSSR count). The summed E-state index contributed by atoms with van der Waals surface area (Å²) in [6.07, 6.45) is 8.53. The first-order valence-electron chi connectivity index (χ1n) is 10.7.